The maximum Gasteiger partial charge on any atom is 0.435 e. The maximum absolute atomic E-state index is 13.5. The van der Waals surface area contributed by atoms with Gasteiger partial charge in [0.25, 0.3) is 5.91 Å². The van der Waals surface area contributed by atoms with Crippen molar-refractivity contribution >= 4 is 11.6 Å². The fourth-order valence-corrected chi connectivity index (χ4v) is 2.26. The quantitative estimate of drug-likeness (QED) is 0.578. The molecule has 2 rings (SSSR count). The van der Waals surface area contributed by atoms with Crippen LogP contribution in [0, 0.1) is 5.82 Å². The molecule has 0 atom stereocenters. The average Bonchev–Trinajstić information content (AvgIpc) is 2.58. The molecule has 0 spiro atoms. The van der Waals surface area contributed by atoms with Gasteiger partial charge in [-0.1, -0.05) is 6.08 Å². The van der Waals surface area contributed by atoms with Gasteiger partial charge in [0, 0.05) is 25.4 Å². The number of hydrogen-bond acceptors (Lipinski definition) is 4. The number of aromatic nitrogens is 2. The van der Waals surface area contributed by atoms with Crippen LogP contribution < -0.4 is 4.90 Å². The smallest absolute Gasteiger partial charge is 0.375 e. The summed E-state index contributed by atoms with van der Waals surface area (Å²) in [6, 6.07) is 3.39. The molecule has 0 aliphatic heterocycles. The van der Waals surface area contributed by atoms with Crippen molar-refractivity contribution in [3.63, 3.8) is 0 Å². The van der Waals surface area contributed by atoms with Crippen LogP contribution in [0.15, 0.2) is 43.2 Å². The molecule has 5 nitrogen and oxygen atoms in total. The number of carbonyl (C=O) groups excluding carboxylic acids is 1. The normalized spacial score (nSPS) is 11.3. The number of hydrogen-bond donors (Lipinski definition) is 0. The number of rotatable bonds is 6. The Balaban J connectivity index is 2.59. The molecule has 0 fully saturated rings. The molecule has 2 aromatic rings. The SMILES string of the molecule is C=CCN(C(=O)COC)c1ccc(-c2cncc(F)c2)nc1C(F)(F)F. The van der Waals surface area contributed by atoms with E-state index >= 15 is 0 Å². The van der Waals surface area contributed by atoms with Gasteiger partial charge in [0.2, 0.25) is 0 Å². The van der Waals surface area contributed by atoms with E-state index in [9.17, 15) is 22.4 Å². The molecule has 26 heavy (non-hydrogen) atoms. The van der Waals surface area contributed by atoms with E-state index in [-0.39, 0.29) is 17.8 Å². The first-order valence-electron chi connectivity index (χ1n) is 7.37. The summed E-state index contributed by atoms with van der Waals surface area (Å²) >= 11 is 0. The van der Waals surface area contributed by atoms with E-state index in [0.717, 1.165) is 23.2 Å². The first-order valence-corrected chi connectivity index (χ1v) is 7.37. The Morgan fingerprint density at radius 1 is 1.35 bits per heavy atom. The second-order valence-electron chi connectivity index (χ2n) is 5.18. The van der Waals surface area contributed by atoms with E-state index < -0.39 is 35.9 Å². The molecule has 2 aromatic heterocycles. The van der Waals surface area contributed by atoms with Gasteiger partial charge in [-0.3, -0.25) is 9.78 Å². The molecule has 9 heteroatoms. The molecule has 1 amide bonds. The third kappa shape index (κ3) is 4.42. The van der Waals surface area contributed by atoms with Crippen molar-refractivity contribution in [3.8, 4) is 11.3 Å². The molecular formula is C17H15F4N3O2. The van der Waals surface area contributed by atoms with Gasteiger partial charge in [0.05, 0.1) is 17.6 Å². The summed E-state index contributed by atoms with van der Waals surface area (Å²) in [5, 5.41) is 0. The van der Waals surface area contributed by atoms with Gasteiger partial charge < -0.3 is 9.64 Å². The number of alkyl halides is 3. The van der Waals surface area contributed by atoms with Gasteiger partial charge in [-0.15, -0.1) is 6.58 Å². The van der Waals surface area contributed by atoms with E-state index in [4.69, 9.17) is 4.74 Å². The first kappa shape index (κ1) is 19.5. The summed E-state index contributed by atoms with van der Waals surface area (Å²) in [6.07, 6.45) is -1.42. The van der Waals surface area contributed by atoms with Crippen LogP contribution in [0.4, 0.5) is 23.2 Å². The lowest BCUT2D eigenvalue weighted by molar-refractivity contribution is -0.140. The first-order chi connectivity index (χ1) is 12.3. The monoisotopic (exact) mass is 369 g/mol. The van der Waals surface area contributed by atoms with Crippen LogP contribution in [0.5, 0.6) is 0 Å². The highest BCUT2D eigenvalue weighted by molar-refractivity contribution is 5.95. The van der Waals surface area contributed by atoms with Crippen LogP contribution in [0.1, 0.15) is 5.69 Å². The maximum atomic E-state index is 13.5. The van der Waals surface area contributed by atoms with Crippen molar-refractivity contribution < 1.29 is 27.1 Å². The van der Waals surface area contributed by atoms with Crippen molar-refractivity contribution in [2.75, 3.05) is 25.2 Å². The van der Waals surface area contributed by atoms with Gasteiger partial charge in [-0.25, -0.2) is 9.37 Å². The lowest BCUT2D eigenvalue weighted by atomic mass is 10.1. The Labute approximate surface area is 146 Å². The number of amides is 1. The van der Waals surface area contributed by atoms with Crippen LogP contribution in [0.2, 0.25) is 0 Å². The Morgan fingerprint density at radius 2 is 2.08 bits per heavy atom. The van der Waals surface area contributed by atoms with Crippen LogP contribution in [0.25, 0.3) is 11.3 Å². The molecule has 0 aliphatic carbocycles. The summed E-state index contributed by atoms with van der Waals surface area (Å²) in [6.45, 7) is 2.89. The van der Waals surface area contributed by atoms with Crippen molar-refractivity contribution in [1.82, 2.24) is 9.97 Å². The minimum absolute atomic E-state index is 0.0838. The number of carbonyl (C=O) groups is 1. The van der Waals surface area contributed by atoms with E-state index in [2.05, 4.69) is 16.5 Å². The average molecular weight is 369 g/mol. The fourth-order valence-electron chi connectivity index (χ4n) is 2.26. The molecule has 0 unspecified atom stereocenters. The third-order valence-corrected chi connectivity index (χ3v) is 3.31. The topological polar surface area (TPSA) is 55.3 Å². The lowest BCUT2D eigenvalue weighted by Crippen LogP contribution is -2.35. The Kier molecular flexibility index (Phi) is 6.04. The standard InChI is InChI=1S/C17H15F4N3O2/c1-3-6-24(15(25)10-26-2)14-5-4-13(23-16(14)17(19,20)21)11-7-12(18)9-22-8-11/h3-5,7-9H,1,6,10H2,2H3. The highest BCUT2D eigenvalue weighted by Gasteiger charge is 2.38. The van der Waals surface area contributed by atoms with Gasteiger partial charge in [-0.05, 0) is 18.2 Å². The zero-order valence-corrected chi connectivity index (χ0v) is 13.8. The second-order valence-corrected chi connectivity index (χ2v) is 5.18. The van der Waals surface area contributed by atoms with Crippen molar-refractivity contribution in [3.05, 3.63) is 54.8 Å². The van der Waals surface area contributed by atoms with E-state index in [1.807, 2.05) is 0 Å². The minimum atomic E-state index is -4.83. The molecule has 0 saturated carbocycles. The van der Waals surface area contributed by atoms with Crippen molar-refractivity contribution in [2.24, 2.45) is 0 Å². The van der Waals surface area contributed by atoms with Crippen LogP contribution in [0.3, 0.4) is 0 Å². The number of nitrogens with zero attached hydrogens (tertiary/aromatic N) is 3. The van der Waals surface area contributed by atoms with E-state index in [1.54, 1.807) is 0 Å². The number of methoxy groups -OCH3 is 1. The van der Waals surface area contributed by atoms with Gasteiger partial charge >= 0.3 is 6.18 Å². The number of pyridine rings is 2. The Bertz CT molecular complexity index is 809. The zero-order valence-electron chi connectivity index (χ0n) is 13.8. The number of anilines is 1. The molecule has 0 N–H and O–H groups in total. The summed E-state index contributed by atoms with van der Waals surface area (Å²) in [4.78, 5) is 20.2. The van der Waals surface area contributed by atoms with Crippen molar-refractivity contribution in [2.45, 2.75) is 6.18 Å². The van der Waals surface area contributed by atoms with Gasteiger partial charge in [0.1, 0.15) is 12.4 Å². The van der Waals surface area contributed by atoms with Crippen LogP contribution in [-0.2, 0) is 15.7 Å². The van der Waals surface area contributed by atoms with Gasteiger partial charge in [0.15, 0.2) is 5.69 Å². The summed E-state index contributed by atoms with van der Waals surface area (Å²) in [5.41, 5.74) is -1.75. The molecule has 0 radical (unpaired) electrons. The predicted octanol–water partition coefficient (Wildman–Crippen LogP) is 3.47. The van der Waals surface area contributed by atoms with Crippen LogP contribution in [-0.4, -0.2) is 36.1 Å². The predicted molar refractivity (Wildman–Crippen MR) is 86.9 cm³/mol. The largest absolute Gasteiger partial charge is 0.435 e. The summed E-state index contributed by atoms with van der Waals surface area (Å²) < 4.78 is 58.6. The Morgan fingerprint density at radius 3 is 2.65 bits per heavy atom. The molecule has 0 saturated heterocycles. The zero-order chi connectivity index (χ0) is 19.3. The Hall–Kier alpha value is -2.81. The second kappa shape index (κ2) is 8.05. The molecule has 0 bridgehead atoms. The van der Waals surface area contributed by atoms with Crippen molar-refractivity contribution in [1.29, 1.82) is 0 Å². The van der Waals surface area contributed by atoms with E-state index in [0.29, 0.717) is 0 Å². The highest BCUT2D eigenvalue weighted by Crippen LogP contribution is 2.37. The molecule has 2 heterocycles. The number of halogens is 4. The fraction of sp³-hybridized carbons (Fsp3) is 0.235. The van der Waals surface area contributed by atoms with Crippen LogP contribution >= 0.6 is 0 Å². The molecule has 0 aliphatic rings. The summed E-state index contributed by atoms with van der Waals surface area (Å²) in [5.74, 6) is -1.38. The minimum Gasteiger partial charge on any atom is -0.375 e. The van der Waals surface area contributed by atoms with E-state index in [1.165, 1.54) is 25.4 Å². The van der Waals surface area contributed by atoms with Gasteiger partial charge in [-0.2, -0.15) is 13.2 Å². The molecular weight excluding hydrogens is 354 g/mol. The lowest BCUT2D eigenvalue weighted by Gasteiger charge is -2.24. The molecule has 138 valence electrons. The third-order valence-electron chi connectivity index (χ3n) is 3.31. The molecule has 0 aromatic carbocycles. The highest BCUT2D eigenvalue weighted by atomic mass is 19.4. The number of ether oxygens (including phenoxy) is 1. The summed E-state index contributed by atoms with van der Waals surface area (Å²) in [7, 11) is 1.26.